The smallest absolute Gasteiger partial charge is 0.265 e. The molecule has 0 atom stereocenters. The fourth-order valence-electron chi connectivity index (χ4n) is 3.41. The number of rotatable bonds is 3. The zero-order chi connectivity index (χ0) is 20.7. The first-order chi connectivity index (χ1) is 14.6. The first-order valence-corrected chi connectivity index (χ1v) is 9.94. The fourth-order valence-corrected chi connectivity index (χ4v) is 4.39. The summed E-state index contributed by atoms with van der Waals surface area (Å²) in [7, 11) is 0. The second kappa shape index (κ2) is 7.03. The summed E-state index contributed by atoms with van der Waals surface area (Å²) < 4.78 is 0.996. The normalized spacial score (nSPS) is 10.9. The Bertz CT molecular complexity index is 1480. The van der Waals surface area contributed by atoms with Gasteiger partial charge >= 0.3 is 0 Å². The van der Waals surface area contributed by atoms with E-state index < -0.39 is 0 Å². The molecule has 5 rings (SSSR count). The number of phenols is 1. The van der Waals surface area contributed by atoms with E-state index in [0.717, 1.165) is 32.2 Å². The summed E-state index contributed by atoms with van der Waals surface area (Å²) in [6, 6.07) is 18.2. The van der Waals surface area contributed by atoms with Gasteiger partial charge in [-0.15, -0.1) is 11.3 Å². The van der Waals surface area contributed by atoms with Crippen LogP contribution in [-0.4, -0.2) is 21.0 Å². The Morgan fingerprint density at radius 2 is 2.07 bits per heavy atom. The van der Waals surface area contributed by atoms with E-state index in [4.69, 9.17) is 5.26 Å². The molecule has 0 saturated carbocycles. The number of aromatic hydroxyl groups is 1. The number of benzene rings is 2. The molecule has 3 heterocycles. The molecule has 5 aromatic rings. The van der Waals surface area contributed by atoms with Crippen LogP contribution in [0.25, 0.3) is 32.2 Å². The van der Waals surface area contributed by atoms with Gasteiger partial charge < -0.3 is 15.4 Å². The Labute approximate surface area is 175 Å². The van der Waals surface area contributed by atoms with Crippen LogP contribution in [0.2, 0.25) is 0 Å². The second-order valence-corrected chi connectivity index (χ2v) is 7.85. The SMILES string of the molecule is N#Cc1cc(NC(=O)c2cc3c(-c4cnc5[nH]ccc5c4)cccc3s2)ccc1O. The van der Waals surface area contributed by atoms with Crippen molar-refractivity contribution < 1.29 is 9.90 Å². The molecule has 0 unspecified atom stereocenters. The van der Waals surface area contributed by atoms with Crippen LogP contribution >= 0.6 is 11.3 Å². The van der Waals surface area contributed by atoms with Gasteiger partial charge in [0.1, 0.15) is 17.5 Å². The van der Waals surface area contributed by atoms with Gasteiger partial charge in [-0.05, 0) is 48.0 Å². The Morgan fingerprint density at radius 1 is 1.17 bits per heavy atom. The molecule has 0 fully saturated rings. The number of fused-ring (bicyclic) bond motifs is 2. The predicted octanol–water partition coefficient (Wildman–Crippen LogP) is 5.27. The number of pyridine rings is 1. The molecule has 0 aliphatic rings. The van der Waals surface area contributed by atoms with Crippen LogP contribution in [-0.2, 0) is 0 Å². The third kappa shape index (κ3) is 3.05. The highest BCUT2D eigenvalue weighted by Gasteiger charge is 2.15. The number of aromatic amines is 1. The lowest BCUT2D eigenvalue weighted by molar-refractivity contribution is 0.103. The molecule has 1 amide bonds. The Morgan fingerprint density at radius 3 is 2.93 bits per heavy atom. The number of nitrogens with zero attached hydrogens (tertiary/aromatic N) is 2. The summed E-state index contributed by atoms with van der Waals surface area (Å²) in [5.74, 6) is -0.383. The lowest BCUT2D eigenvalue weighted by atomic mass is 10.0. The summed E-state index contributed by atoms with van der Waals surface area (Å²) in [5, 5.41) is 23.5. The van der Waals surface area contributed by atoms with Crippen LogP contribution in [0.1, 0.15) is 15.2 Å². The molecule has 30 heavy (non-hydrogen) atoms. The molecule has 0 spiro atoms. The molecule has 0 aliphatic carbocycles. The van der Waals surface area contributed by atoms with Gasteiger partial charge in [0.05, 0.1) is 10.4 Å². The third-order valence-corrected chi connectivity index (χ3v) is 5.97. The number of phenolic OH excluding ortho intramolecular Hbond substituents is 1. The molecular formula is C23H14N4O2S. The molecule has 6 nitrogen and oxygen atoms in total. The number of carbonyl (C=O) groups excluding carboxylic acids is 1. The van der Waals surface area contributed by atoms with Crippen molar-refractivity contribution >= 4 is 44.1 Å². The van der Waals surface area contributed by atoms with Gasteiger partial charge in [-0.3, -0.25) is 4.79 Å². The molecule has 2 aromatic carbocycles. The number of anilines is 1. The number of nitriles is 1. The molecule has 3 N–H and O–H groups in total. The van der Waals surface area contributed by atoms with Gasteiger partial charge in [-0.2, -0.15) is 5.26 Å². The van der Waals surface area contributed by atoms with E-state index in [1.807, 2.05) is 48.8 Å². The van der Waals surface area contributed by atoms with Crippen LogP contribution in [0.15, 0.2) is 67.0 Å². The zero-order valence-corrected chi connectivity index (χ0v) is 16.3. The predicted molar refractivity (Wildman–Crippen MR) is 118 cm³/mol. The number of thiophene rings is 1. The van der Waals surface area contributed by atoms with Gasteiger partial charge in [0.2, 0.25) is 0 Å². The lowest BCUT2D eigenvalue weighted by Crippen LogP contribution is -2.10. The molecule has 3 aromatic heterocycles. The van der Waals surface area contributed by atoms with E-state index in [2.05, 4.69) is 21.4 Å². The number of hydrogen-bond acceptors (Lipinski definition) is 5. The van der Waals surface area contributed by atoms with Gasteiger partial charge in [0.25, 0.3) is 5.91 Å². The monoisotopic (exact) mass is 410 g/mol. The Hall–Kier alpha value is -4.15. The molecule has 144 valence electrons. The molecule has 0 saturated heterocycles. The molecule has 0 aliphatic heterocycles. The number of amides is 1. The quantitative estimate of drug-likeness (QED) is 0.352. The zero-order valence-electron chi connectivity index (χ0n) is 15.5. The summed E-state index contributed by atoms with van der Waals surface area (Å²) in [5.41, 5.74) is 3.39. The summed E-state index contributed by atoms with van der Waals surface area (Å²) in [6.07, 6.45) is 3.68. The topological polar surface area (TPSA) is 102 Å². The first-order valence-electron chi connectivity index (χ1n) is 9.13. The summed E-state index contributed by atoms with van der Waals surface area (Å²) >= 11 is 1.40. The van der Waals surface area contributed by atoms with Crippen molar-refractivity contribution in [2.45, 2.75) is 0 Å². The van der Waals surface area contributed by atoms with Crippen LogP contribution in [0, 0.1) is 11.3 Å². The number of aromatic nitrogens is 2. The second-order valence-electron chi connectivity index (χ2n) is 6.77. The number of hydrogen-bond donors (Lipinski definition) is 3. The van der Waals surface area contributed by atoms with Gasteiger partial charge in [0.15, 0.2) is 0 Å². The van der Waals surface area contributed by atoms with Crippen molar-refractivity contribution in [1.29, 1.82) is 5.26 Å². The Kier molecular flexibility index (Phi) is 4.20. The average Bonchev–Trinajstić information content (AvgIpc) is 3.41. The maximum absolute atomic E-state index is 12.8. The fraction of sp³-hybridized carbons (Fsp3) is 0. The van der Waals surface area contributed by atoms with Crippen LogP contribution in [0.5, 0.6) is 5.75 Å². The average molecular weight is 410 g/mol. The van der Waals surface area contributed by atoms with Crippen molar-refractivity contribution in [2.24, 2.45) is 0 Å². The van der Waals surface area contributed by atoms with E-state index in [-0.39, 0.29) is 17.2 Å². The minimum atomic E-state index is -0.268. The minimum absolute atomic E-state index is 0.110. The maximum atomic E-state index is 12.8. The van der Waals surface area contributed by atoms with Gasteiger partial charge in [0, 0.05) is 39.1 Å². The van der Waals surface area contributed by atoms with Crippen molar-refractivity contribution in [2.75, 3.05) is 5.32 Å². The van der Waals surface area contributed by atoms with E-state index in [9.17, 15) is 9.90 Å². The van der Waals surface area contributed by atoms with Crippen molar-refractivity contribution in [1.82, 2.24) is 9.97 Å². The van der Waals surface area contributed by atoms with E-state index in [0.29, 0.717) is 10.6 Å². The standard InChI is InChI=1S/C23H14N4O2S/c24-11-14-9-16(4-5-19(14)28)27-23(29)21-10-18-17(2-1-3-20(18)30-21)15-8-13-6-7-25-22(13)26-12-15/h1-10,12,28H,(H,25,26)(H,27,29). The van der Waals surface area contributed by atoms with Crippen LogP contribution in [0.4, 0.5) is 5.69 Å². The van der Waals surface area contributed by atoms with Crippen molar-refractivity contribution in [3.63, 3.8) is 0 Å². The third-order valence-electron chi connectivity index (χ3n) is 4.87. The van der Waals surface area contributed by atoms with Gasteiger partial charge in [-0.25, -0.2) is 4.98 Å². The molecule has 0 bridgehead atoms. The van der Waals surface area contributed by atoms with Crippen LogP contribution < -0.4 is 5.32 Å². The van der Waals surface area contributed by atoms with Gasteiger partial charge in [-0.1, -0.05) is 12.1 Å². The molecule has 7 heteroatoms. The molecular weight excluding hydrogens is 396 g/mol. The van der Waals surface area contributed by atoms with Crippen molar-refractivity contribution in [3.05, 3.63) is 77.4 Å². The highest BCUT2D eigenvalue weighted by atomic mass is 32.1. The maximum Gasteiger partial charge on any atom is 0.265 e. The number of carbonyl (C=O) groups is 1. The number of nitrogens with one attached hydrogen (secondary N) is 2. The highest BCUT2D eigenvalue weighted by Crippen LogP contribution is 2.35. The van der Waals surface area contributed by atoms with Crippen LogP contribution in [0.3, 0.4) is 0 Å². The summed E-state index contributed by atoms with van der Waals surface area (Å²) in [4.78, 5) is 20.9. The van der Waals surface area contributed by atoms with E-state index in [1.165, 1.54) is 23.5 Å². The largest absolute Gasteiger partial charge is 0.507 e. The molecule has 0 radical (unpaired) electrons. The minimum Gasteiger partial charge on any atom is -0.507 e. The van der Waals surface area contributed by atoms with E-state index in [1.54, 1.807) is 6.07 Å². The van der Waals surface area contributed by atoms with Crippen molar-refractivity contribution in [3.8, 4) is 22.9 Å². The summed E-state index contributed by atoms with van der Waals surface area (Å²) in [6.45, 7) is 0. The van der Waals surface area contributed by atoms with E-state index >= 15 is 0 Å². The number of H-pyrrole nitrogens is 1. The Balaban J connectivity index is 1.51. The first kappa shape index (κ1) is 17.9. The highest BCUT2D eigenvalue weighted by molar-refractivity contribution is 7.21. The lowest BCUT2D eigenvalue weighted by Gasteiger charge is -2.04.